The van der Waals surface area contributed by atoms with E-state index in [-0.39, 0.29) is 5.82 Å². The molecular formula is C13H17F3N2. The molecule has 0 unspecified atom stereocenters. The lowest BCUT2D eigenvalue weighted by molar-refractivity contribution is -0.141. The molecular weight excluding hydrogens is 241 g/mol. The number of alkyl halides is 3. The van der Waals surface area contributed by atoms with Crippen molar-refractivity contribution in [3.63, 3.8) is 0 Å². The predicted molar refractivity (Wildman–Crippen MR) is 67.9 cm³/mol. The topological polar surface area (TPSA) is 17.8 Å². The molecule has 1 aromatic heterocycles. The molecule has 1 heterocycles. The van der Waals surface area contributed by atoms with E-state index in [0.29, 0.717) is 5.57 Å². The third kappa shape index (κ3) is 3.91. The summed E-state index contributed by atoms with van der Waals surface area (Å²) in [5, 5.41) is 0. The summed E-state index contributed by atoms with van der Waals surface area (Å²) in [7, 11) is 1.50. The minimum atomic E-state index is -4.43. The Morgan fingerprint density at radius 1 is 1.33 bits per heavy atom. The van der Waals surface area contributed by atoms with Crippen LogP contribution in [0.3, 0.4) is 0 Å². The molecule has 0 N–H and O–H groups in total. The Bertz CT molecular complexity index is 440. The highest BCUT2D eigenvalue weighted by atomic mass is 19.4. The number of halogens is 3. The second-order valence-electron chi connectivity index (χ2n) is 3.12. The number of imidazole rings is 1. The van der Waals surface area contributed by atoms with Gasteiger partial charge in [-0.05, 0) is 0 Å². The van der Waals surface area contributed by atoms with Gasteiger partial charge in [0, 0.05) is 18.8 Å². The largest absolute Gasteiger partial charge is 0.434 e. The molecule has 0 saturated heterocycles. The Balaban J connectivity index is 0.00000137. The summed E-state index contributed by atoms with van der Waals surface area (Å²) in [5.41, 5.74) is -0.421. The highest BCUT2D eigenvalue weighted by molar-refractivity contribution is 5.70. The molecule has 1 aromatic rings. The van der Waals surface area contributed by atoms with Crippen molar-refractivity contribution in [2.45, 2.75) is 20.0 Å². The number of rotatable bonds is 3. The van der Waals surface area contributed by atoms with Gasteiger partial charge in [-0.25, -0.2) is 4.98 Å². The Labute approximate surface area is 105 Å². The van der Waals surface area contributed by atoms with E-state index >= 15 is 0 Å². The molecule has 0 aliphatic rings. The van der Waals surface area contributed by atoms with Crippen molar-refractivity contribution in [3.05, 3.63) is 49.1 Å². The van der Waals surface area contributed by atoms with Crippen molar-refractivity contribution >= 4 is 5.57 Å². The van der Waals surface area contributed by atoms with Crippen LogP contribution in [0, 0.1) is 0 Å². The van der Waals surface area contributed by atoms with Crippen LogP contribution in [0.5, 0.6) is 0 Å². The van der Waals surface area contributed by atoms with E-state index in [1.807, 2.05) is 13.8 Å². The van der Waals surface area contributed by atoms with Crippen LogP contribution in [0.2, 0.25) is 0 Å². The van der Waals surface area contributed by atoms with Gasteiger partial charge in [-0.3, -0.25) is 0 Å². The molecule has 0 atom stereocenters. The van der Waals surface area contributed by atoms with Gasteiger partial charge < -0.3 is 4.57 Å². The number of hydrogen-bond donors (Lipinski definition) is 0. The summed E-state index contributed by atoms with van der Waals surface area (Å²) >= 11 is 0. The van der Waals surface area contributed by atoms with Gasteiger partial charge >= 0.3 is 6.18 Å². The van der Waals surface area contributed by atoms with Gasteiger partial charge in [-0.2, -0.15) is 13.2 Å². The second-order valence-corrected chi connectivity index (χ2v) is 3.12. The summed E-state index contributed by atoms with van der Waals surface area (Å²) in [4.78, 5) is 3.52. The van der Waals surface area contributed by atoms with Gasteiger partial charge in [0.25, 0.3) is 0 Å². The molecule has 1 rings (SSSR count). The number of hydrogen-bond acceptors (Lipinski definition) is 1. The molecule has 0 amide bonds. The van der Waals surface area contributed by atoms with Crippen LogP contribution < -0.4 is 0 Å². The van der Waals surface area contributed by atoms with E-state index < -0.39 is 11.9 Å². The zero-order chi connectivity index (χ0) is 14.3. The van der Waals surface area contributed by atoms with Crippen molar-refractivity contribution in [3.8, 4) is 0 Å². The van der Waals surface area contributed by atoms with Gasteiger partial charge in [0.2, 0.25) is 0 Å². The summed E-state index contributed by atoms with van der Waals surface area (Å²) in [6.07, 6.45) is 0.963. The van der Waals surface area contributed by atoms with Crippen LogP contribution in [-0.4, -0.2) is 9.55 Å². The number of aryl methyl sites for hydroxylation is 1. The zero-order valence-corrected chi connectivity index (χ0v) is 10.8. The maximum absolute atomic E-state index is 12.4. The first-order chi connectivity index (χ1) is 8.40. The third-order valence-corrected chi connectivity index (χ3v) is 1.94. The average molecular weight is 258 g/mol. The molecule has 18 heavy (non-hydrogen) atoms. The van der Waals surface area contributed by atoms with Gasteiger partial charge in [0.1, 0.15) is 5.82 Å². The maximum atomic E-state index is 12.4. The average Bonchev–Trinajstić information content (AvgIpc) is 2.71. The standard InChI is InChI=1S/C11H11F3N2.C2H6/c1-4-6-8(5-2)10-15-9(7-16(10)3)11(12,13)14;1-2/h4-7H,1-2H2,3H3;1-2H3/b8-6+;. The van der Waals surface area contributed by atoms with Crippen molar-refractivity contribution in [1.82, 2.24) is 9.55 Å². The SMILES string of the molecule is C=C/C=C(\C=C)c1nc(C(F)(F)F)cn1C.CC. The first-order valence-corrected chi connectivity index (χ1v) is 5.46. The molecule has 0 saturated carbocycles. The maximum Gasteiger partial charge on any atom is 0.434 e. The first-order valence-electron chi connectivity index (χ1n) is 5.46. The molecule has 0 aromatic carbocycles. The van der Waals surface area contributed by atoms with Gasteiger partial charge in [-0.15, -0.1) is 0 Å². The number of aromatic nitrogens is 2. The van der Waals surface area contributed by atoms with E-state index in [2.05, 4.69) is 18.1 Å². The van der Waals surface area contributed by atoms with Crippen LogP contribution in [0.4, 0.5) is 13.2 Å². The van der Waals surface area contributed by atoms with E-state index in [0.717, 1.165) is 6.20 Å². The van der Waals surface area contributed by atoms with Crippen molar-refractivity contribution in [2.75, 3.05) is 0 Å². The molecule has 0 radical (unpaired) electrons. The van der Waals surface area contributed by atoms with E-state index in [1.165, 1.54) is 23.8 Å². The van der Waals surface area contributed by atoms with Crippen LogP contribution in [-0.2, 0) is 13.2 Å². The molecule has 0 bridgehead atoms. The molecule has 0 spiro atoms. The lowest BCUT2D eigenvalue weighted by Gasteiger charge is -2.00. The highest BCUT2D eigenvalue weighted by Gasteiger charge is 2.34. The van der Waals surface area contributed by atoms with E-state index in [9.17, 15) is 13.2 Å². The molecule has 2 nitrogen and oxygen atoms in total. The van der Waals surface area contributed by atoms with Gasteiger partial charge in [0.15, 0.2) is 5.69 Å². The van der Waals surface area contributed by atoms with Crippen LogP contribution in [0.25, 0.3) is 5.57 Å². The summed E-state index contributed by atoms with van der Waals surface area (Å²) in [6.45, 7) is 11.0. The Kier molecular flexibility index (Phi) is 6.16. The zero-order valence-electron chi connectivity index (χ0n) is 10.8. The first kappa shape index (κ1) is 16.2. The fourth-order valence-electron chi connectivity index (χ4n) is 1.23. The quantitative estimate of drug-likeness (QED) is 0.742. The monoisotopic (exact) mass is 258 g/mol. The fraction of sp³-hybridized carbons (Fsp3) is 0.308. The number of allylic oxidation sites excluding steroid dienone is 4. The third-order valence-electron chi connectivity index (χ3n) is 1.94. The van der Waals surface area contributed by atoms with E-state index in [4.69, 9.17) is 0 Å². The molecule has 0 fully saturated rings. The lowest BCUT2D eigenvalue weighted by Crippen LogP contribution is -2.05. The minimum Gasteiger partial charge on any atom is -0.333 e. The molecule has 0 aliphatic carbocycles. The Hall–Kier alpha value is -1.78. The summed E-state index contributed by atoms with van der Waals surface area (Å²) in [6, 6.07) is 0. The van der Waals surface area contributed by atoms with Crippen LogP contribution in [0.1, 0.15) is 25.4 Å². The molecule has 5 heteroatoms. The predicted octanol–water partition coefficient (Wildman–Crippen LogP) is 4.22. The highest BCUT2D eigenvalue weighted by Crippen LogP contribution is 2.29. The number of nitrogens with zero attached hydrogens (tertiary/aromatic N) is 2. The van der Waals surface area contributed by atoms with Crippen LogP contribution in [0.15, 0.2) is 37.6 Å². The molecule has 0 aliphatic heterocycles. The smallest absolute Gasteiger partial charge is 0.333 e. The lowest BCUT2D eigenvalue weighted by atomic mass is 10.2. The van der Waals surface area contributed by atoms with Crippen LogP contribution >= 0.6 is 0 Å². The summed E-state index contributed by atoms with van der Waals surface area (Å²) in [5.74, 6) is 0.210. The normalized spacial score (nSPS) is 11.6. The Morgan fingerprint density at radius 2 is 1.89 bits per heavy atom. The summed E-state index contributed by atoms with van der Waals surface area (Å²) < 4.78 is 38.5. The van der Waals surface area contributed by atoms with Crippen molar-refractivity contribution in [1.29, 1.82) is 0 Å². The van der Waals surface area contributed by atoms with Crippen molar-refractivity contribution < 1.29 is 13.2 Å². The minimum absolute atomic E-state index is 0.210. The fourth-order valence-corrected chi connectivity index (χ4v) is 1.23. The van der Waals surface area contributed by atoms with Crippen molar-refractivity contribution in [2.24, 2.45) is 7.05 Å². The molecule has 100 valence electrons. The van der Waals surface area contributed by atoms with Gasteiger partial charge in [0.05, 0.1) is 0 Å². The van der Waals surface area contributed by atoms with E-state index in [1.54, 1.807) is 6.08 Å². The second kappa shape index (κ2) is 6.83. The Morgan fingerprint density at radius 3 is 2.22 bits per heavy atom. The van der Waals surface area contributed by atoms with Gasteiger partial charge in [-0.1, -0.05) is 45.2 Å².